The van der Waals surface area contributed by atoms with Crippen molar-refractivity contribution in [2.45, 2.75) is 13.8 Å². The number of aliphatic hydroxyl groups excluding tert-OH is 1. The molecule has 0 spiro atoms. The quantitative estimate of drug-likeness (QED) is 0.857. The zero-order valence-electron chi connectivity index (χ0n) is 10.8. The van der Waals surface area contributed by atoms with Gasteiger partial charge >= 0.3 is 0 Å². The monoisotopic (exact) mass is 234 g/mol. The van der Waals surface area contributed by atoms with E-state index >= 15 is 0 Å². The molecule has 0 aliphatic carbocycles. The molecule has 1 saturated heterocycles. The van der Waals surface area contributed by atoms with Gasteiger partial charge in [-0.05, 0) is 31.0 Å². The third-order valence-electron chi connectivity index (χ3n) is 3.71. The number of β-amino-alcohol motifs (C(OH)–C–C–N with tert-alkyl or cyclic N) is 1. The number of hydrogen-bond acceptors (Lipinski definition) is 3. The van der Waals surface area contributed by atoms with Crippen LogP contribution in [0.2, 0.25) is 0 Å². The molecular formula is C14H22N2O. The van der Waals surface area contributed by atoms with Gasteiger partial charge in [-0.3, -0.25) is 4.90 Å². The SMILES string of the molecule is Cc1cccc(N2CCN(CCO)CC2)c1C. The van der Waals surface area contributed by atoms with E-state index in [4.69, 9.17) is 5.11 Å². The zero-order chi connectivity index (χ0) is 12.3. The molecule has 1 heterocycles. The van der Waals surface area contributed by atoms with E-state index in [0.717, 1.165) is 32.7 Å². The number of nitrogens with zero attached hydrogens (tertiary/aromatic N) is 2. The van der Waals surface area contributed by atoms with E-state index in [1.54, 1.807) is 0 Å². The Hall–Kier alpha value is -1.06. The summed E-state index contributed by atoms with van der Waals surface area (Å²) >= 11 is 0. The van der Waals surface area contributed by atoms with Crippen LogP contribution in [-0.4, -0.2) is 49.3 Å². The van der Waals surface area contributed by atoms with Gasteiger partial charge in [0.15, 0.2) is 0 Å². The van der Waals surface area contributed by atoms with E-state index in [2.05, 4.69) is 41.8 Å². The van der Waals surface area contributed by atoms with E-state index in [0.29, 0.717) is 0 Å². The molecule has 1 aliphatic rings. The van der Waals surface area contributed by atoms with Crippen molar-refractivity contribution in [2.24, 2.45) is 0 Å². The molecule has 0 amide bonds. The zero-order valence-corrected chi connectivity index (χ0v) is 10.8. The summed E-state index contributed by atoms with van der Waals surface area (Å²) < 4.78 is 0. The molecule has 0 radical (unpaired) electrons. The lowest BCUT2D eigenvalue weighted by Gasteiger charge is -2.36. The Labute approximate surface area is 104 Å². The molecule has 0 unspecified atom stereocenters. The Kier molecular flexibility index (Phi) is 4.02. The average molecular weight is 234 g/mol. The molecule has 0 saturated carbocycles. The van der Waals surface area contributed by atoms with Gasteiger partial charge in [0, 0.05) is 38.4 Å². The van der Waals surface area contributed by atoms with Crippen LogP contribution < -0.4 is 4.90 Å². The lowest BCUT2D eigenvalue weighted by Crippen LogP contribution is -2.47. The van der Waals surface area contributed by atoms with Crippen LogP contribution in [0, 0.1) is 13.8 Å². The first-order valence-electron chi connectivity index (χ1n) is 6.36. The molecule has 3 heteroatoms. The summed E-state index contributed by atoms with van der Waals surface area (Å²) in [6.07, 6.45) is 0. The molecule has 2 rings (SSSR count). The minimum Gasteiger partial charge on any atom is -0.395 e. The van der Waals surface area contributed by atoms with Gasteiger partial charge in [0.25, 0.3) is 0 Å². The Morgan fingerprint density at radius 2 is 1.82 bits per heavy atom. The average Bonchev–Trinajstić information content (AvgIpc) is 2.34. The Morgan fingerprint density at radius 1 is 1.12 bits per heavy atom. The number of benzene rings is 1. The summed E-state index contributed by atoms with van der Waals surface area (Å²) in [5.41, 5.74) is 4.12. The number of aliphatic hydroxyl groups is 1. The number of hydrogen-bond donors (Lipinski definition) is 1. The van der Waals surface area contributed by atoms with Crippen LogP contribution >= 0.6 is 0 Å². The normalized spacial score (nSPS) is 17.5. The lowest BCUT2D eigenvalue weighted by atomic mass is 10.1. The molecule has 1 fully saturated rings. The lowest BCUT2D eigenvalue weighted by molar-refractivity contribution is 0.188. The van der Waals surface area contributed by atoms with Crippen LogP contribution in [0.1, 0.15) is 11.1 Å². The smallest absolute Gasteiger partial charge is 0.0558 e. The summed E-state index contributed by atoms with van der Waals surface area (Å²) in [5, 5.41) is 8.93. The summed E-state index contributed by atoms with van der Waals surface area (Å²) in [6.45, 7) is 9.66. The molecule has 3 nitrogen and oxygen atoms in total. The molecule has 17 heavy (non-hydrogen) atoms. The van der Waals surface area contributed by atoms with Crippen molar-refractivity contribution >= 4 is 5.69 Å². The Morgan fingerprint density at radius 3 is 2.47 bits per heavy atom. The summed E-state index contributed by atoms with van der Waals surface area (Å²) in [7, 11) is 0. The highest BCUT2D eigenvalue weighted by molar-refractivity contribution is 5.56. The minimum absolute atomic E-state index is 0.267. The fourth-order valence-electron chi connectivity index (χ4n) is 2.43. The second-order valence-electron chi connectivity index (χ2n) is 4.77. The predicted molar refractivity (Wildman–Crippen MR) is 71.7 cm³/mol. The molecule has 1 aromatic carbocycles. The number of piperazine rings is 1. The van der Waals surface area contributed by atoms with Crippen molar-refractivity contribution in [1.29, 1.82) is 0 Å². The predicted octanol–water partition coefficient (Wildman–Crippen LogP) is 1.42. The summed E-state index contributed by atoms with van der Waals surface area (Å²) in [6, 6.07) is 6.52. The molecule has 1 aliphatic heterocycles. The maximum Gasteiger partial charge on any atom is 0.0558 e. The van der Waals surface area contributed by atoms with Crippen LogP contribution in [0.25, 0.3) is 0 Å². The molecule has 1 aromatic rings. The van der Waals surface area contributed by atoms with Gasteiger partial charge in [-0.1, -0.05) is 12.1 Å². The molecule has 0 bridgehead atoms. The largest absolute Gasteiger partial charge is 0.395 e. The van der Waals surface area contributed by atoms with Crippen molar-refractivity contribution in [3.05, 3.63) is 29.3 Å². The molecule has 94 valence electrons. The summed E-state index contributed by atoms with van der Waals surface area (Å²) in [4.78, 5) is 4.78. The second-order valence-corrected chi connectivity index (χ2v) is 4.77. The number of aryl methyl sites for hydroxylation is 1. The Balaban J connectivity index is 2.03. The van der Waals surface area contributed by atoms with Crippen molar-refractivity contribution in [1.82, 2.24) is 4.90 Å². The first-order chi connectivity index (χ1) is 8.22. The number of anilines is 1. The summed E-state index contributed by atoms with van der Waals surface area (Å²) in [5.74, 6) is 0. The highest BCUT2D eigenvalue weighted by Crippen LogP contribution is 2.23. The highest BCUT2D eigenvalue weighted by atomic mass is 16.3. The molecular weight excluding hydrogens is 212 g/mol. The van der Waals surface area contributed by atoms with Gasteiger partial charge in [-0.2, -0.15) is 0 Å². The topological polar surface area (TPSA) is 26.7 Å². The van der Waals surface area contributed by atoms with E-state index in [1.807, 2.05) is 0 Å². The molecule has 1 N–H and O–H groups in total. The van der Waals surface area contributed by atoms with Crippen LogP contribution in [-0.2, 0) is 0 Å². The third-order valence-corrected chi connectivity index (χ3v) is 3.71. The van der Waals surface area contributed by atoms with Gasteiger partial charge < -0.3 is 10.0 Å². The first kappa shape index (κ1) is 12.4. The fourth-order valence-corrected chi connectivity index (χ4v) is 2.43. The van der Waals surface area contributed by atoms with Crippen molar-refractivity contribution < 1.29 is 5.11 Å². The van der Waals surface area contributed by atoms with Crippen LogP contribution in [0.5, 0.6) is 0 Å². The number of rotatable bonds is 3. The highest BCUT2D eigenvalue weighted by Gasteiger charge is 2.17. The fraction of sp³-hybridized carbons (Fsp3) is 0.571. The van der Waals surface area contributed by atoms with Crippen molar-refractivity contribution in [2.75, 3.05) is 44.2 Å². The van der Waals surface area contributed by atoms with Gasteiger partial charge in [-0.25, -0.2) is 0 Å². The Bertz CT molecular complexity index is 370. The van der Waals surface area contributed by atoms with Gasteiger partial charge in [0.2, 0.25) is 0 Å². The minimum atomic E-state index is 0.267. The van der Waals surface area contributed by atoms with Gasteiger partial charge in [-0.15, -0.1) is 0 Å². The molecule has 0 atom stereocenters. The standard InChI is InChI=1S/C14H22N2O/c1-12-4-3-5-14(13(12)2)16-8-6-15(7-9-16)10-11-17/h3-5,17H,6-11H2,1-2H3. The van der Waals surface area contributed by atoms with E-state index in [1.165, 1.54) is 16.8 Å². The van der Waals surface area contributed by atoms with E-state index in [-0.39, 0.29) is 6.61 Å². The van der Waals surface area contributed by atoms with Crippen LogP contribution in [0.15, 0.2) is 18.2 Å². The third kappa shape index (κ3) is 2.79. The van der Waals surface area contributed by atoms with Crippen molar-refractivity contribution in [3.8, 4) is 0 Å². The maximum atomic E-state index is 8.93. The van der Waals surface area contributed by atoms with Gasteiger partial charge in [0.1, 0.15) is 0 Å². The van der Waals surface area contributed by atoms with E-state index < -0.39 is 0 Å². The maximum absolute atomic E-state index is 8.93. The van der Waals surface area contributed by atoms with Crippen molar-refractivity contribution in [3.63, 3.8) is 0 Å². The second kappa shape index (κ2) is 5.52. The van der Waals surface area contributed by atoms with Gasteiger partial charge in [0.05, 0.1) is 6.61 Å². The molecule has 0 aromatic heterocycles. The van der Waals surface area contributed by atoms with Crippen LogP contribution in [0.3, 0.4) is 0 Å². The van der Waals surface area contributed by atoms with Crippen LogP contribution in [0.4, 0.5) is 5.69 Å². The first-order valence-corrected chi connectivity index (χ1v) is 6.36. The van der Waals surface area contributed by atoms with E-state index in [9.17, 15) is 0 Å².